The minimum atomic E-state index is -0.233. The average molecular weight is 260 g/mol. The zero-order valence-corrected chi connectivity index (χ0v) is 11.3. The number of phenols is 1. The molecule has 19 heavy (non-hydrogen) atoms. The van der Waals surface area contributed by atoms with E-state index in [1.807, 2.05) is 12.1 Å². The smallest absolute Gasteiger partial charge is 0.305 e. The molecule has 3 heteroatoms. The molecule has 0 radical (unpaired) electrons. The normalized spacial score (nSPS) is 9.95. The van der Waals surface area contributed by atoms with Gasteiger partial charge in [0.15, 0.2) is 0 Å². The number of aromatic hydroxyl groups is 1. The summed E-state index contributed by atoms with van der Waals surface area (Å²) in [6, 6.07) is 3.82. The molecule has 102 valence electrons. The first kappa shape index (κ1) is 15.0. The van der Waals surface area contributed by atoms with Gasteiger partial charge in [0.05, 0.1) is 7.11 Å². The molecule has 0 aliphatic heterocycles. The van der Waals surface area contributed by atoms with E-state index >= 15 is 0 Å². The second-order valence-electron chi connectivity index (χ2n) is 4.32. The predicted octanol–water partition coefficient (Wildman–Crippen LogP) is 2.95. The van der Waals surface area contributed by atoms with Crippen molar-refractivity contribution < 1.29 is 14.6 Å². The van der Waals surface area contributed by atoms with Crippen molar-refractivity contribution in [1.82, 2.24) is 0 Å². The Morgan fingerprint density at radius 2 is 1.79 bits per heavy atom. The maximum absolute atomic E-state index is 11.2. The van der Waals surface area contributed by atoms with Crippen molar-refractivity contribution in [3.8, 4) is 5.75 Å². The van der Waals surface area contributed by atoms with Gasteiger partial charge >= 0.3 is 5.97 Å². The molecule has 0 saturated heterocycles. The van der Waals surface area contributed by atoms with Crippen LogP contribution < -0.4 is 0 Å². The molecule has 0 fully saturated rings. The van der Waals surface area contributed by atoms with Crippen LogP contribution in [-0.2, 0) is 28.8 Å². The summed E-state index contributed by atoms with van der Waals surface area (Å²) in [6.07, 6.45) is 5.63. The van der Waals surface area contributed by atoms with Crippen LogP contribution in [0, 0.1) is 0 Å². The standard InChI is InChI=1S/C16H20O3/c1-4-6-13-10-12(8-9-15(17)19-3)11-14(7-5-2)16(13)18/h4-5,10-11,18H,1-2,6-9H2,3H3. The summed E-state index contributed by atoms with van der Waals surface area (Å²) in [4.78, 5) is 11.2. The third kappa shape index (κ3) is 4.28. The van der Waals surface area contributed by atoms with Gasteiger partial charge in [-0.05, 0) is 36.0 Å². The first-order valence-corrected chi connectivity index (χ1v) is 6.24. The highest BCUT2D eigenvalue weighted by Gasteiger charge is 2.09. The van der Waals surface area contributed by atoms with Crippen molar-refractivity contribution >= 4 is 5.97 Å². The van der Waals surface area contributed by atoms with Crippen LogP contribution in [0.25, 0.3) is 0 Å². The monoisotopic (exact) mass is 260 g/mol. The van der Waals surface area contributed by atoms with Crippen molar-refractivity contribution in [3.63, 3.8) is 0 Å². The second kappa shape index (κ2) is 7.41. The van der Waals surface area contributed by atoms with Crippen LogP contribution in [0.2, 0.25) is 0 Å². The number of methoxy groups -OCH3 is 1. The molecule has 0 atom stereocenters. The fourth-order valence-corrected chi connectivity index (χ4v) is 1.95. The fourth-order valence-electron chi connectivity index (χ4n) is 1.95. The van der Waals surface area contributed by atoms with Gasteiger partial charge in [0.25, 0.3) is 0 Å². The SMILES string of the molecule is C=CCc1cc(CCC(=O)OC)cc(CC=C)c1O. The summed E-state index contributed by atoms with van der Waals surface area (Å²) in [5.41, 5.74) is 2.67. The fraction of sp³-hybridized carbons (Fsp3) is 0.312. The van der Waals surface area contributed by atoms with Gasteiger partial charge in [0.2, 0.25) is 0 Å². The minimum absolute atomic E-state index is 0.233. The van der Waals surface area contributed by atoms with Gasteiger partial charge in [-0.3, -0.25) is 4.79 Å². The minimum Gasteiger partial charge on any atom is -0.507 e. The third-order valence-corrected chi connectivity index (χ3v) is 2.90. The Morgan fingerprint density at radius 1 is 1.26 bits per heavy atom. The first-order chi connectivity index (χ1) is 9.12. The molecular formula is C16H20O3. The van der Waals surface area contributed by atoms with Gasteiger partial charge < -0.3 is 9.84 Å². The lowest BCUT2D eigenvalue weighted by Gasteiger charge is -2.11. The van der Waals surface area contributed by atoms with Crippen LogP contribution in [0.3, 0.4) is 0 Å². The van der Waals surface area contributed by atoms with Gasteiger partial charge in [0, 0.05) is 6.42 Å². The Morgan fingerprint density at radius 3 is 2.21 bits per heavy atom. The molecule has 0 saturated carbocycles. The van der Waals surface area contributed by atoms with E-state index in [1.165, 1.54) is 7.11 Å². The van der Waals surface area contributed by atoms with E-state index in [0.29, 0.717) is 31.4 Å². The number of carbonyl (C=O) groups excluding carboxylic acids is 1. The molecule has 0 aliphatic carbocycles. The van der Waals surface area contributed by atoms with Crippen molar-refractivity contribution in [1.29, 1.82) is 0 Å². The van der Waals surface area contributed by atoms with Crippen molar-refractivity contribution in [2.75, 3.05) is 7.11 Å². The molecule has 0 heterocycles. The van der Waals surface area contributed by atoms with Crippen LogP contribution in [-0.4, -0.2) is 18.2 Å². The number of rotatable bonds is 7. The molecule has 0 amide bonds. The van der Waals surface area contributed by atoms with E-state index in [0.717, 1.165) is 16.7 Å². The number of hydrogen-bond acceptors (Lipinski definition) is 3. The molecule has 0 bridgehead atoms. The van der Waals surface area contributed by atoms with Gasteiger partial charge in [-0.2, -0.15) is 0 Å². The highest BCUT2D eigenvalue weighted by atomic mass is 16.5. The van der Waals surface area contributed by atoms with E-state index < -0.39 is 0 Å². The quantitative estimate of drug-likeness (QED) is 0.605. The van der Waals surface area contributed by atoms with Gasteiger partial charge in [-0.25, -0.2) is 0 Å². The molecular weight excluding hydrogens is 240 g/mol. The number of benzene rings is 1. The molecule has 1 aromatic rings. The third-order valence-electron chi connectivity index (χ3n) is 2.90. The highest BCUT2D eigenvalue weighted by molar-refractivity contribution is 5.69. The Balaban J connectivity index is 2.99. The lowest BCUT2D eigenvalue weighted by molar-refractivity contribution is -0.140. The first-order valence-electron chi connectivity index (χ1n) is 6.24. The maximum atomic E-state index is 11.2. The Hall–Kier alpha value is -2.03. The van der Waals surface area contributed by atoms with E-state index in [1.54, 1.807) is 12.2 Å². The summed E-state index contributed by atoms with van der Waals surface area (Å²) in [5, 5.41) is 10.1. The van der Waals surface area contributed by atoms with Crippen LogP contribution in [0.4, 0.5) is 0 Å². The van der Waals surface area contributed by atoms with Crippen LogP contribution in [0.5, 0.6) is 5.75 Å². The number of hydrogen-bond donors (Lipinski definition) is 1. The molecule has 3 nitrogen and oxygen atoms in total. The summed E-state index contributed by atoms with van der Waals surface area (Å²) >= 11 is 0. The lowest BCUT2D eigenvalue weighted by Crippen LogP contribution is -2.03. The molecule has 1 aromatic carbocycles. The number of aryl methyl sites for hydroxylation is 1. The summed E-state index contributed by atoms with van der Waals surface area (Å²) in [5.74, 6) is 0.0604. The molecule has 0 spiro atoms. The maximum Gasteiger partial charge on any atom is 0.305 e. The predicted molar refractivity (Wildman–Crippen MR) is 76.2 cm³/mol. The largest absolute Gasteiger partial charge is 0.507 e. The van der Waals surface area contributed by atoms with Crippen LogP contribution >= 0.6 is 0 Å². The molecule has 0 unspecified atom stereocenters. The van der Waals surface area contributed by atoms with Crippen LogP contribution in [0.1, 0.15) is 23.1 Å². The Labute approximate surface area is 114 Å². The molecule has 1 N–H and O–H groups in total. The van der Waals surface area contributed by atoms with E-state index in [2.05, 4.69) is 17.9 Å². The molecule has 0 aliphatic rings. The zero-order chi connectivity index (χ0) is 14.3. The Bertz CT molecular complexity index is 444. The van der Waals surface area contributed by atoms with E-state index in [-0.39, 0.29) is 5.97 Å². The van der Waals surface area contributed by atoms with Gasteiger partial charge in [0.1, 0.15) is 5.75 Å². The van der Waals surface area contributed by atoms with Crippen LogP contribution in [0.15, 0.2) is 37.4 Å². The van der Waals surface area contributed by atoms with E-state index in [4.69, 9.17) is 0 Å². The number of ether oxygens (including phenoxy) is 1. The number of carbonyl (C=O) groups is 1. The van der Waals surface area contributed by atoms with Crippen molar-refractivity contribution in [3.05, 3.63) is 54.1 Å². The lowest BCUT2D eigenvalue weighted by atomic mass is 9.97. The summed E-state index contributed by atoms with van der Waals surface area (Å²) < 4.78 is 4.63. The summed E-state index contributed by atoms with van der Waals surface area (Å²) in [6.45, 7) is 7.37. The number of esters is 1. The summed E-state index contributed by atoms with van der Waals surface area (Å²) in [7, 11) is 1.38. The average Bonchev–Trinajstić information content (AvgIpc) is 2.41. The highest BCUT2D eigenvalue weighted by Crippen LogP contribution is 2.27. The van der Waals surface area contributed by atoms with Crippen molar-refractivity contribution in [2.24, 2.45) is 0 Å². The van der Waals surface area contributed by atoms with Crippen molar-refractivity contribution in [2.45, 2.75) is 25.7 Å². The Kier molecular flexibility index (Phi) is 5.86. The molecule has 1 rings (SSSR count). The topological polar surface area (TPSA) is 46.5 Å². The van der Waals surface area contributed by atoms with E-state index in [9.17, 15) is 9.90 Å². The van der Waals surface area contributed by atoms with Gasteiger partial charge in [-0.1, -0.05) is 24.3 Å². The number of phenolic OH excluding ortho intramolecular Hbond substituents is 1. The second-order valence-corrected chi connectivity index (χ2v) is 4.32. The zero-order valence-electron chi connectivity index (χ0n) is 11.3. The number of allylic oxidation sites excluding steroid dienone is 2. The molecule has 0 aromatic heterocycles. The van der Waals surface area contributed by atoms with Gasteiger partial charge in [-0.15, -0.1) is 13.2 Å².